The van der Waals surface area contributed by atoms with Crippen LogP contribution < -0.4 is 10.3 Å². The third-order valence-corrected chi connectivity index (χ3v) is 4.88. The number of hydrogen-bond acceptors (Lipinski definition) is 5. The van der Waals surface area contributed by atoms with Crippen molar-refractivity contribution >= 4 is 32.4 Å². The van der Waals surface area contributed by atoms with E-state index in [0.29, 0.717) is 10.7 Å². The van der Waals surface area contributed by atoms with Crippen molar-refractivity contribution in [1.82, 2.24) is 14.3 Å². The van der Waals surface area contributed by atoms with E-state index >= 15 is 0 Å². The average Bonchev–Trinajstić information content (AvgIpc) is 2.91. The number of hydrogen-bond donors (Lipinski definition) is 0. The summed E-state index contributed by atoms with van der Waals surface area (Å²) in [7, 11) is 3.27. The number of aromatic nitrogens is 2. The fourth-order valence-electron chi connectivity index (χ4n) is 2.28. The molecule has 0 aliphatic rings. The molecule has 0 radical (unpaired) electrons. The van der Waals surface area contributed by atoms with Crippen LogP contribution in [0.15, 0.2) is 29.2 Å². The van der Waals surface area contributed by atoms with Gasteiger partial charge < -0.3 is 9.64 Å². The molecule has 0 unspecified atom stereocenters. The second-order valence-corrected chi connectivity index (χ2v) is 6.55. The van der Waals surface area contributed by atoms with Crippen molar-refractivity contribution in [3.63, 3.8) is 0 Å². The number of nitrogens with zero attached hydrogens (tertiary/aromatic N) is 3. The molecule has 0 aliphatic carbocycles. The molecule has 2 aromatic heterocycles. The summed E-state index contributed by atoms with van der Waals surface area (Å²) in [6.07, 6.45) is 1.37. The number of rotatable bonds is 3. The Kier molecular flexibility index (Phi) is 3.81. The number of fused-ring (bicyclic) bond motifs is 3. The maximum Gasteiger partial charge on any atom is 0.271 e. The second kappa shape index (κ2) is 5.66. The highest BCUT2D eigenvalue weighted by Gasteiger charge is 2.21. The number of benzene rings is 1. The van der Waals surface area contributed by atoms with E-state index < -0.39 is 0 Å². The molecule has 23 heavy (non-hydrogen) atoms. The SMILES string of the molecule is COc1ccc2c(c1)sc1ncc(C(=O)N(C)C(C)C)c(=O)n12. The molecule has 3 rings (SSSR count). The monoisotopic (exact) mass is 331 g/mol. The molecule has 0 spiro atoms. The number of carbonyl (C=O) groups is 1. The summed E-state index contributed by atoms with van der Waals surface area (Å²) < 4.78 is 7.58. The Bertz CT molecular complexity index is 958. The molecule has 1 amide bonds. The molecule has 6 nitrogen and oxygen atoms in total. The van der Waals surface area contributed by atoms with Crippen LogP contribution in [0.2, 0.25) is 0 Å². The number of methoxy groups -OCH3 is 1. The molecule has 2 heterocycles. The van der Waals surface area contributed by atoms with Crippen molar-refractivity contribution in [3.8, 4) is 5.75 Å². The summed E-state index contributed by atoms with van der Waals surface area (Å²) in [4.78, 5) is 31.6. The molecular formula is C16H17N3O3S. The molecule has 120 valence electrons. The van der Waals surface area contributed by atoms with Gasteiger partial charge in [0.2, 0.25) is 0 Å². The fourth-order valence-corrected chi connectivity index (χ4v) is 3.30. The maximum atomic E-state index is 12.8. The van der Waals surface area contributed by atoms with Crippen molar-refractivity contribution in [2.75, 3.05) is 14.2 Å². The molecule has 3 aromatic rings. The third-order valence-electron chi connectivity index (χ3n) is 3.86. The zero-order valence-corrected chi connectivity index (χ0v) is 14.2. The van der Waals surface area contributed by atoms with Gasteiger partial charge in [0.1, 0.15) is 11.3 Å². The van der Waals surface area contributed by atoms with Gasteiger partial charge in [0.15, 0.2) is 4.96 Å². The fraction of sp³-hybridized carbons (Fsp3) is 0.312. The Morgan fingerprint density at radius 1 is 1.39 bits per heavy atom. The Morgan fingerprint density at radius 2 is 2.13 bits per heavy atom. The molecule has 0 atom stereocenters. The van der Waals surface area contributed by atoms with E-state index in [1.807, 2.05) is 19.9 Å². The Hall–Kier alpha value is -2.41. The highest BCUT2D eigenvalue weighted by molar-refractivity contribution is 7.23. The lowest BCUT2D eigenvalue weighted by Gasteiger charge is -2.20. The van der Waals surface area contributed by atoms with Crippen LogP contribution in [0.4, 0.5) is 0 Å². The van der Waals surface area contributed by atoms with Gasteiger partial charge in [-0.2, -0.15) is 0 Å². The van der Waals surface area contributed by atoms with Gasteiger partial charge in [-0.3, -0.25) is 14.0 Å². The Balaban J connectivity index is 2.24. The van der Waals surface area contributed by atoms with E-state index in [4.69, 9.17) is 4.74 Å². The largest absolute Gasteiger partial charge is 0.497 e. The predicted octanol–water partition coefficient (Wildman–Crippen LogP) is 2.40. The lowest BCUT2D eigenvalue weighted by molar-refractivity contribution is 0.0752. The van der Waals surface area contributed by atoms with Gasteiger partial charge >= 0.3 is 0 Å². The molecule has 7 heteroatoms. The standard InChI is InChI=1S/C16H17N3O3S/c1-9(2)18(3)14(20)11-8-17-16-19(15(11)21)12-6-5-10(22-4)7-13(12)23-16/h5-9H,1-4H3. The van der Waals surface area contributed by atoms with Gasteiger partial charge in [-0.15, -0.1) is 0 Å². The van der Waals surface area contributed by atoms with Crippen molar-refractivity contribution < 1.29 is 9.53 Å². The lowest BCUT2D eigenvalue weighted by Crippen LogP contribution is -2.37. The van der Waals surface area contributed by atoms with Gasteiger partial charge in [-0.05, 0) is 32.0 Å². The molecule has 0 saturated heterocycles. The van der Waals surface area contributed by atoms with Crippen molar-refractivity contribution in [2.24, 2.45) is 0 Å². The van der Waals surface area contributed by atoms with Gasteiger partial charge in [0.25, 0.3) is 11.5 Å². The number of ether oxygens (including phenoxy) is 1. The first kappa shape index (κ1) is 15.5. The van der Waals surface area contributed by atoms with Crippen LogP contribution in [0, 0.1) is 0 Å². The molecule has 0 N–H and O–H groups in total. The number of carbonyl (C=O) groups excluding carboxylic acids is 1. The Morgan fingerprint density at radius 3 is 2.78 bits per heavy atom. The second-order valence-electron chi connectivity index (χ2n) is 5.54. The van der Waals surface area contributed by atoms with Crippen LogP contribution in [0.1, 0.15) is 24.2 Å². The highest BCUT2D eigenvalue weighted by atomic mass is 32.1. The van der Waals surface area contributed by atoms with E-state index in [0.717, 1.165) is 10.2 Å². The van der Waals surface area contributed by atoms with Crippen molar-refractivity contribution in [3.05, 3.63) is 40.3 Å². The minimum absolute atomic E-state index is 0.00563. The summed E-state index contributed by atoms with van der Waals surface area (Å²) in [5, 5.41) is 0. The zero-order chi connectivity index (χ0) is 16.7. The normalized spacial score (nSPS) is 11.3. The number of thiazole rings is 1. The maximum absolute atomic E-state index is 12.8. The summed E-state index contributed by atoms with van der Waals surface area (Å²) in [6.45, 7) is 3.79. The van der Waals surface area contributed by atoms with Crippen LogP contribution in [0.5, 0.6) is 5.75 Å². The average molecular weight is 331 g/mol. The molecule has 0 bridgehead atoms. The minimum Gasteiger partial charge on any atom is -0.497 e. The summed E-state index contributed by atoms with van der Waals surface area (Å²) in [6, 6.07) is 5.46. The highest BCUT2D eigenvalue weighted by Crippen LogP contribution is 2.27. The van der Waals surface area contributed by atoms with Gasteiger partial charge in [0, 0.05) is 19.3 Å². The quantitative estimate of drug-likeness (QED) is 0.739. The summed E-state index contributed by atoms with van der Waals surface area (Å²) >= 11 is 1.39. The van der Waals surface area contributed by atoms with Crippen LogP contribution in [0.3, 0.4) is 0 Å². The lowest BCUT2D eigenvalue weighted by atomic mass is 10.2. The van der Waals surface area contributed by atoms with Crippen LogP contribution >= 0.6 is 11.3 Å². The van der Waals surface area contributed by atoms with Gasteiger partial charge in [-0.25, -0.2) is 4.98 Å². The molecule has 1 aromatic carbocycles. The summed E-state index contributed by atoms with van der Waals surface area (Å²) in [5.41, 5.74) is 0.461. The van der Waals surface area contributed by atoms with Gasteiger partial charge in [0.05, 0.1) is 17.3 Å². The van der Waals surface area contributed by atoms with Crippen molar-refractivity contribution in [2.45, 2.75) is 19.9 Å². The van der Waals surface area contributed by atoms with Crippen LogP contribution in [0.25, 0.3) is 15.2 Å². The number of amides is 1. The molecular weight excluding hydrogens is 314 g/mol. The van der Waals surface area contributed by atoms with Crippen LogP contribution in [-0.2, 0) is 0 Å². The topological polar surface area (TPSA) is 63.9 Å². The molecule has 0 fully saturated rings. The summed E-state index contributed by atoms with van der Waals surface area (Å²) in [5.74, 6) is 0.396. The van der Waals surface area contributed by atoms with E-state index in [1.54, 1.807) is 26.3 Å². The third kappa shape index (κ3) is 2.46. The van der Waals surface area contributed by atoms with Gasteiger partial charge in [-0.1, -0.05) is 11.3 Å². The first-order valence-electron chi connectivity index (χ1n) is 7.19. The van der Waals surface area contributed by atoms with E-state index in [1.165, 1.54) is 26.8 Å². The molecule has 0 aliphatic heterocycles. The van der Waals surface area contributed by atoms with E-state index in [-0.39, 0.29) is 23.1 Å². The van der Waals surface area contributed by atoms with E-state index in [9.17, 15) is 9.59 Å². The first-order valence-corrected chi connectivity index (χ1v) is 8.01. The predicted molar refractivity (Wildman–Crippen MR) is 90.6 cm³/mol. The van der Waals surface area contributed by atoms with E-state index in [2.05, 4.69) is 4.98 Å². The zero-order valence-electron chi connectivity index (χ0n) is 13.4. The first-order chi connectivity index (χ1) is 10.9. The van der Waals surface area contributed by atoms with Crippen molar-refractivity contribution in [1.29, 1.82) is 0 Å². The van der Waals surface area contributed by atoms with Crippen LogP contribution in [-0.4, -0.2) is 40.4 Å². The smallest absolute Gasteiger partial charge is 0.271 e. The minimum atomic E-state index is -0.344. The Labute approximate surface area is 136 Å². The molecule has 0 saturated carbocycles.